The third kappa shape index (κ3) is 3.97. The summed E-state index contributed by atoms with van der Waals surface area (Å²) in [6.07, 6.45) is 9.33. The highest BCUT2D eigenvalue weighted by atomic mass is 16.7. The van der Waals surface area contributed by atoms with Crippen molar-refractivity contribution < 1.29 is 18.9 Å². The van der Waals surface area contributed by atoms with E-state index in [1.807, 2.05) is 6.07 Å². The molecular formula is C24H32O4. The summed E-state index contributed by atoms with van der Waals surface area (Å²) in [5.41, 5.74) is 2.71. The zero-order valence-corrected chi connectivity index (χ0v) is 17.1. The Hall–Kier alpha value is -1.46. The molecule has 0 N–H and O–H groups in total. The zero-order chi connectivity index (χ0) is 19.5. The van der Waals surface area contributed by atoms with Crippen LogP contribution in [-0.2, 0) is 18.9 Å². The summed E-state index contributed by atoms with van der Waals surface area (Å²) in [6, 6.07) is 10.5. The summed E-state index contributed by atoms with van der Waals surface area (Å²) in [6.45, 7) is 8.86. The zero-order valence-electron chi connectivity index (χ0n) is 17.1. The predicted octanol–water partition coefficient (Wildman–Crippen LogP) is 4.61. The van der Waals surface area contributed by atoms with E-state index in [4.69, 9.17) is 18.9 Å². The van der Waals surface area contributed by atoms with Crippen molar-refractivity contribution in [1.82, 2.24) is 0 Å². The Labute approximate surface area is 168 Å². The highest BCUT2D eigenvalue weighted by molar-refractivity contribution is 5.75. The maximum atomic E-state index is 6.49. The molecular weight excluding hydrogens is 352 g/mol. The van der Waals surface area contributed by atoms with E-state index in [0.717, 1.165) is 45.7 Å². The second-order valence-corrected chi connectivity index (χ2v) is 8.64. The first-order chi connectivity index (χ1) is 13.6. The van der Waals surface area contributed by atoms with Crippen molar-refractivity contribution in [1.29, 1.82) is 0 Å². The lowest BCUT2D eigenvalue weighted by Gasteiger charge is -2.46. The molecule has 1 aromatic carbocycles. The molecule has 0 amide bonds. The molecule has 0 radical (unpaired) electrons. The molecule has 3 aliphatic rings. The van der Waals surface area contributed by atoms with Crippen molar-refractivity contribution >= 4 is 5.57 Å². The van der Waals surface area contributed by atoms with Crippen molar-refractivity contribution in [3.63, 3.8) is 0 Å². The molecule has 1 aromatic rings. The van der Waals surface area contributed by atoms with Crippen LogP contribution in [0, 0.1) is 10.8 Å². The second-order valence-electron chi connectivity index (χ2n) is 8.64. The van der Waals surface area contributed by atoms with Gasteiger partial charge in [0.1, 0.15) is 0 Å². The van der Waals surface area contributed by atoms with Gasteiger partial charge in [0.05, 0.1) is 39.6 Å². The van der Waals surface area contributed by atoms with Crippen LogP contribution in [0.5, 0.6) is 0 Å². The van der Waals surface area contributed by atoms with Crippen LogP contribution in [0.3, 0.4) is 0 Å². The topological polar surface area (TPSA) is 36.9 Å². The molecule has 2 fully saturated rings. The molecule has 1 aliphatic carbocycles. The van der Waals surface area contributed by atoms with E-state index >= 15 is 0 Å². The fourth-order valence-corrected chi connectivity index (χ4v) is 3.82. The highest BCUT2D eigenvalue weighted by Crippen LogP contribution is 2.39. The third-order valence-electron chi connectivity index (χ3n) is 6.61. The standard InChI is InChI=1S/C24H32O4/c1-3-22(14-25-15-22)18-27-24(28-19-23(4-2)16-26-17-23)12-10-21(11-13-24)20-8-6-5-7-9-20/h5-12H,3-4,13-19H2,1-2H3. The number of ether oxygens (including phenoxy) is 4. The van der Waals surface area contributed by atoms with Crippen LogP contribution >= 0.6 is 0 Å². The molecule has 0 saturated carbocycles. The van der Waals surface area contributed by atoms with E-state index in [1.54, 1.807) is 0 Å². The lowest BCUT2D eigenvalue weighted by Crippen LogP contribution is -2.51. The summed E-state index contributed by atoms with van der Waals surface area (Å²) in [4.78, 5) is 0. The Morgan fingerprint density at radius 3 is 1.82 bits per heavy atom. The van der Waals surface area contributed by atoms with E-state index < -0.39 is 5.79 Å². The number of allylic oxidation sites excluding steroid dienone is 2. The minimum Gasteiger partial charge on any atom is -0.380 e. The number of benzene rings is 1. The molecule has 0 bridgehead atoms. The second kappa shape index (κ2) is 8.11. The van der Waals surface area contributed by atoms with Crippen LogP contribution in [0.4, 0.5) is 0 Å². The maximum absolute atomic E-state index is 6.49. The quantitative estimate of drug-likeness (QED) is 0.583. The summed E-state index contributed by atoms with van der Waals surface area (Å²) in [7, 11) is 0. The van der Waals surface area contributed by atoms with Crippen molar-refractivity contribution in [2.24, 2.45) is 10.8 Å². The van der Waals surface area contributed by atoms with Gasteiger partial charge in [-0.2, -0.15) is 0 Å². The predicted molar refractivity (Wildman–Crippen MR) is 110 cm³/mol. The lowest BCUT2D eigenvalue weighted by molar-refractivity contribution is -0.269. The average molecular weight is 385 g/mol. The largest absolute Gasteiger partial charge is 0.380 e. The Morgan fingerprint density at radius 1 is 0.857 bits per heavy atom. The third-order valence-corrected chi connectivity index (χ3v) is 6.61. The fourth-order valence-electron chi connectivity index (χ4n) is 3.82. The normalized spacial score (nSPS) is 24.1. The van der Waals surface area contributed by atoms with Crippen LogP contribution in [0.2, 0.25) is 0 Å². The van der Waals surface area contributed by atoms with Gasteiger partial charge < -0.3 is 18.9 Å². The summed E-state index contributed by atoms with van der Waals surface area (Å²) >= 11 is 0. The van der Waals surface area contributed by atoms with Gasteiger partial charge >= 0.3 is 0 Å². The lowest BCUT2D eigenvalue weighted by atomic mass is 9.83. The molecule has 4 heteroatoms. The van der Waals surface area contributed by atoms with E-state index in [2.05, 4.69) is 56.3 Å². The van der Waals surface area contributed by atoms with Crippen LogP contribution in [-0.4, -0.2) is 45.4 Å². The van der Waals surface area contributed by atoms with Gasteiger partial charge in [-0.05, 0) is 30.1 Å². The first-order valence-electron chi connectivity index (χ1n) is 10.5. The summed E-state index contributed by atoms with van der Waals surface area (Å²) in [5.74, 6) is -0.701. The van der Waals surface area contributed by atoms with E-state index in [0.29, 0.717) is 13.2 Å². The van der Waals surface area contributed by atoms with Crippen LogP contribution < -0.4 is 0 Å². The molecule has 4 nitrogen and oxygen atoms in total. The van der Waals surface area contributed by atoms with Gasteiger partial charge in [0.2, 0.25) is 0 Å². The average Bonchev–Trinajstić information content (AvgIpc) is 2.68. The fraction of sp³-hybridized carbons (Fsp3) is 0.583. The van der Waals surface area contributed by atoms with Gasteiger partial charge in [-0.3, -0.25) is 0 Å². The molecule has 2 saturated heterocycles. The molecule has 0 spiro atoms. The van der Waals surface area contributed by atoms with Gasteiger partial charge in [0.15, 0.2) is 5.79 Å². The van der Waals surface area contributed by atoms with Crippen molar-refractivity contribution in [3.8, 4) is 0 Å². The van der Waals surface area contributed by atoms with E-state index in [-0.39, 0.29) is 10.8 Å². The molecule has 28 heavy (non-hydrogen) atoms. The smallest absolute Gasteiger partial charge is 0.191 e. The monoisotopic (exact) mass is 384 g/mol. The molecule has 0 aromatic heterocycles. The van der Waals surface area contributed by atoms with Gasteiger partial charge in [0, 0.05) is 17.3 Å². The minimum atomic E-state index is -0.701. The molecule has 2 aliphatic heterocycles. The Morgan fingerprint density at radius 2 is 1.43 bits per heavy atom. The van der Waals surface area contributed by atoms with E-state index in [1.165, 1.54) is 11.1 Å². The first-order valence-corrected chi connectivity index (χ1v) is 10.5. The van der Waals surface area contributed by atoms with Crippen LogP contribution in [0.15, 0.2) is 48.6 Å². The van der Waals surface area contributed by atoms with Crippen LogP contribution in [0.25, 0.3) is 5.57 Å². The molecule has 4 rings (SSSR count). The summed E-state index contributed by atoms with van der Waals surface area (Å²) in [5, 5.41) is 0. The van der Waals surface area contributed by atoms with Gasteiger partial charge in [-0.15, -0.1) is 0 Å². The maximum Gasteiger partial charge on any atom is 0.191 e. The Balaban J connectivity index is 1.47. The van der Waals surface area contributed by atoms with Crippen LogP contribution in [0.1, 0.15) is 38.7 Å². The molecule has 2 heterocycles. The van der Waals surface area contributed by atoms with Crippen molar-refractivity contribution in [2.75, 3.05) is 39.6 Å². The molecule has 0 atom stereocenters. The molecule has 0 unspecified atom stereocenters. The SMILES string of the molecule is CCC1(COC2(OCC3(CC)COC3)C=CC(c3ccccc3)=CC2)COC1. The first kappa shape index (κ1) is 19.8. The molecule has 152 valence electrons. The van der Waals surface area contributed by atoms with Crippen molar-refractivity contribution in [3.05, 3.63) is 54.1 Å². The van der Waals surface area contributed by atoms with E-state index in [9.17, 15) is 0 Å². The van der Waals surface area contributed by atoms with Gasteiger partial charge in [-0.1, -0.05) is 56.3 Å². The number of rotatable bonds is 9. The Bertz CT molecular complexity index is 676. The Kier molecular flexibility index (Phi) is 5.75. The number of hydrogen-bond donors (Lipinski definition) is 0. The number of hydrogen-bond acceptors (Lipinski definition) is 4. The summed E-state index contributed by atoms with van der Waals surface area (Å²) < 4.78 is 23.9. The minimum absolute atomic E-state index is 0.135. The van der Waals surface area contributed by atoms with Crippen molar-refractivity contribution in [2.45, 2.75) is 38.9 Å². The van der Waals surface area contributed by atoms with Gasteiger partial charge in [0.25, 0.3) is 0 Å². The van der Waals surface area contributed by atoms with Gasteiger partial charge in [-0.25, -0.2) is 0 Å². The highest BCUT2D eigenvalue weighted by Gasteiger charge is 2.44.